The normalized spacial score (nSPS) is 11.0. The molecule has 0 aliphatic carbocycles. The van der Waals surface area contributed by atoms with E-state index in [1.165, 1.54) is 13.3 Å². The Morgan fingerprint density at radius 1 is 1.29 bits per heavy atom. The molecular weight excluding hydrogens is 354 g/mol. The zero-order chi connectivity index (χ0) is 17.7. The lowest BCUT2D eigenvalue weighted by molar-refractivity contribution is 0.0601. The second-order valence-electron chi connectivity index (χ2n) is 4.75. The highest BCUT2D eigenvalue weighted by atomic mass is 35.5. The molecule has 0 radical (unpaired) electrons. The molecule has 0 amide bonds. The number of rotatable bonds is 6. The average molecular weight is 370 g/mol. The molecule has 1 heterocycles. The maximum absolute atomic E-state index is 11.6. The number of methoxy groups -OCH3 is 1. The van der Waals surface area contributed by atoms with Gasteiger partial charge in [-0.1, -0.05) is 11.6 Å². The van der Waals surface area contributed by atoms with Gasteiger partial charge < -0.3 is 10.1 Å². The molecule has 0 fully saturated rings. The number of hydrogen-bond acceptors (Lipinski definition) is 6. The third-order valence-electron chi connectivity index (χ3n) is 3.07. The second-order valence-corrected chi connectivity index (χ2v) is 7.17. The topological polar surface area (TPSA) is 97.4 Å². The van der Waals surface area contributed by atoms with Gasteiger partial charge in [0.05, 0.1) is 41.0 Å². The number of halogens is 1. The molecule has 0 atom stereocenters. The smallest absolute Gasteiger partial charge is 0.337 e. The van der Waals surface area contributed by atoms with Crippen molar-refractivity contribution >= 4 is 44.8 Å². The number of pyridine rings is 1. The molecule has 0 spiro atoms. The van der Waals surface area contributed by atoms with E-state index in [0.29, 0.717) is 27.8 Å². The minimum atomic E-state index is -3.35. The highest BCUT2D eigenvalue weighted by molar-refractivity contribution is 7.92. The van der Waals surface area contributed by atoms with E-state index in [-0.39, 0.29) is 5.75 Å². The van der Waals surface area contributed by atoms with Crippen LogP contribution in [0.5, 0.6) is 0 Å². The molecule has 0 unspecified atom stereocenters. The summed E-state index contributed by atoms with van der Waals surface area (Å²) in [6, 6.07) is 7.83. The maximum atomic E-state index is 11.6. The summed E-state index contributed by atoms with van der Waals surface area (Å²) in [5, 5.41) is 3.37. The number of carbonyl (C=O) groups is 1. The van der Waals surface area contributed by atoms with E-state index >= 15 is 0 Å². The minimum absolute atomic E-state index is 0.0249. The van der Waals surface area contributed by atoms with Gasteiger partial charge in [-0.3, -0.25) is 4.72 Å². The Morgan fingerprint density at radius 2 is 2.04 bits per heavy atom. The van der Waals surface area contributed by atoms with Crippen molar-refractivity contribution in [2.45, 2.75) is 6.92 Å². The number of sulfonamides is 1. The van der Waals surface area contributed by atoms with Crippen molar-refractivity contribution in [1.82, 2.24) is 4.98 Å². The van der Waals surface area contributed by atoms with Gasteiger partial charge in [0.25, 0.3) is 0 Å². The molecule has 2 N–H and O–H groups in total. The number of nitrogens with one attached hydrogen (secondary N) is 2. The molecule has 0 saturated heterocycles. The summed E-state index contributed by atoms with van der Waals surface area (Å²) in [7, 11) is -2.06. The van der Waals surface area contributed by atoms with Gasteiger partial charge in [0, 0.05) is 0 Å². The molecule has 0 saturated carbocycles. The summed E-state index contributed by atoms with van der Waals surface area (Å²) in [6.07, 6.45) is 1.38. The molecular formula is C15H16ClN3O4S. The molecule has 0 bridgehead atoms. The summed E-state index contributed by atoms with van der Waals surface area (Å²) < 4.78 is 30.1. The van der Waals surface area contributed by atoms with Crippen LogP contribution in [0, 0.1) is 0 Å². The van der Waals surface area contributed by atoms with E-state index < -0.39 is 16.0 Å². The van der Waals surface area contributed by atoms with Gasteiger partial charge >= 0.3 is 5.97 Å². The Balaban J connectivity index is 2.18. The fourth-order valence-corrected chi connectivity index (χ4v) is 2.57. The van der Waals surface area contributed by atoms with Gasteiger partial charge in [-0.15, -0.1) is 0 Å². The molecule has 0 aliphatic rings. The van der Waals surface area contributed by atoms with Crippen molar-refractivity contribution in [3.05, 3.63) is 47.1 Å². The van der Waals surface area contributed by atoms with Crippen LogP contribution in [0.15, 0.2) is 36.5 Å². The summed E-state index contributed by atoms with van der Waals surface area (Å²) in [5.41, 5.74) is 1.18. The van der Waals surface area contributed by atoms with Gasteiger partial charge in [0.2, 0.25) is 10.0 Å². The first-order chi connectivity index (χ1) is 11.3. The summed E-state index contributed by atoms with van der Waals surface area (Å²) in [6.45, 7) is 1.54. The van der Waals surface area contributed by atoms with E-state index in [1.54, 1.807) is 37.3 Å². The van der Waals surface area contributed by atoms with Crippen molar-refractivity contribution in [1.29, 1.82) is 0 Å². The highest BCUT2D eigenvalue weighted by Gasteiger charge is 2.10. The average Bonchev–Trinajstić information content (AvgIpc) is 2.57. The van der Waals surface area contributed by atoms with Crippen molar-refractivity contribution < 1.29 is 17.9 Å². The Morgan fingerprint density at radius 3 is 2.62 bits per heavy atom. The first kappa shape index (κ1) is 18.0. The quantitative estimate of drug-likeness (QED) is 0.759. The molecule has 128 valence electrons. The number of esters is 1. The van der Waals surface area contributed by atoms with Crippen LogP contribution in [0.25, 0.3) is 0 Å². The monoisotopic (exact) mass is 369 g/mol. The van der Waals surface area contributed by atoms with Gasteiger partial charge in [-0.05, 0) is 37.3 Å². The first-order valence-corrected chi connectivity index (χ1v) is 8.99. The molecule has 9 heteroatoms. The zero-order valence-electron chi connectivity index (χ0n) is 13.0. The van der Waals surface area contributed by atoms with E-state index in [2.05, 4.69) is 19.8 Å². The van der Waals surface area contributed by atoms with Gasteiger partial charge in [0.15, 0.2) is 0 Å². The minimum Gasteiger partial charge on any atom is -0.465 e. The van der Waals surface area contributed by atoms with Crippen LogP contribution < -0.4 is 10.0 Å². The first-order valence-electron chi connectivity index (χ1n) is 6.96. The van der Waals surface area contributed by atoms with E-state index in [0.717, 1.165) is 0 Å². The number of aromatic nitrogens is 1. The van der Waals surface area contributed by atoms with Crippen LogP contribution in [0.2, 0.25) is 5.02 Å². The Kier molecular flexibility index (Phi) is 5.63. The zero-order valence-corrected chi connectivity index (χ0v) is 14.6. The molecule has 0 aliphatic heterocycles. The van der Waals surface area contributed by atoms with Gasteiger partial charge in [0.1, 0.15) is 5.82 Å². The van der Waals surface area contributed by atoms with Crippen molar-refractivity contribution in [3.63, 3.8) is 0 Å². The van der Waals surface area contributed by atoms with Gasteiger partial charge in [-0.2, -0.15) is 0 Å². The van der Waals surface area contributed by atoms with Crippen molar-refractivity contribution in [3.8, 4) is 0 Å². The number of benzene rings is 1. The highest BCUT2D eigenvalue weighted by Crippen LogP contribution is 2.26. The van der Waals surface area contributed by atoms with Crippen LogP contribution in [-0.4, -0.2) is 32.2 Å². The third kappa shape index (κ3) is 4.59. The Bertz CT molecular complexity index is 838. The van der Waals surface area contributed by atoms with Crippen LogP contribution in [0.1, 0.15) is 17.3 Å². The Hall–Kier alpha value is -2.32. The largest absolute Gasteiger partial charge is 0.465 e. The molecule has 1 aromatic heterocycles. The molecule has 1 aromatic carbocycles. The third-order valence-corrected chi connectivity index (χ3v) is 4.70. The fraction of sp³-hybridized carbons (Fsp3) is 0.200. The van der Waals surface area contributed by atoms with Crippen LogP contribution in [0.3, 0.4) is 0 Å². The summed E-state index contributed by atoms with van der Waals surface area (Å²) in [5.74, 6) is -0.0616. The number of hydrogen-bond donors (Lipinski definition) is 2. The van der Waals surface area contributed by atoms with Crippen molar-refractivity contribution in [2.75, 3.05) is 22.9 Å². The summed E-state index contributed by atoms with van der Waals surface area (Å²) in [4.78, 5) is 15.7. The van der Waals surface area contributed by atoms with Crippen molar-refractivity contribution in [2.24, 2.45) is 0 Å². The number of anilines is 3. The lowest BCUT2D eigenvalue weighted by atomic mass is 10.2. The summed E-state index contributed by atoms with van der Waals surface area (Å²) >= 11 is 6.10. The lowest BCUT2D eigenvalue weighted by Crippen LogP contribution is -2.14. The number of carbonyl (C=O) groups excluding carboxylic acids is 1. The van der Waals surface area contributed by atoms with E-state index in [9.17, 15) is 13.2 Å². The number of ether oxygens (including phenoxy) is 1. The number of nitrogens with zero attached hydrogens (tertiary/aromatic N) is 1. The predicted molar refractivity (Wildman–Crippen MR) is 93.4 cm³/mol. The molecule has 24 heavy (non-hydrogen) atoms. The second kappa shape index (κ2) is 7.50. The van der Waals surface area contributed by atoms with Crippen LogP contribution in [0.4, 0.5) is 17.2 Å². The van der Waals surface area contributed by atoms with E-state index in [4.69, 9.17) is 11.6 Å². The molecule has 2 aromatic rings. The standard InChI is InChI=1S/C15H16ClN3O4S/c1-3-24(21,22)19-11-5-7-14(17-9-11)18-13-8-10(15(20)23-2)4-6-12(13)16/h4-9,19H,3H2,1-2H3,(H,17,18). The lowest BCUT2D eigenvalue weighted by Gasteiger charge is -2.10. The Labute approximate surface area is 145 Å². The van der Waals surface area contributed by atoms with Crippen LogP contribution in [-0.2, 0) is 14.8 Å². The SMILES string of the molecule is CCS(=O)(=O)Nc1ccc(Nc2cc(C(=O)OC)ccc2Cl)nc1. The fourth-order valence-electron chi connectivity index (χ4n) is 1.78. The maximum Gasteiger partial charge on any atom is 0.337 e. The van der Waals surface area contributed by atoms with Crippen LogP contribution >= 0.6 is 11.6 Å². The molecule has 2 rings (SSSR count). The van der Waals surface area contributed by atoms with Gasteiger partial charge in [-0.25, -0.2) is 18.2 Å². The molecule has 7 nitrogen and oxygen atoms in total. The van der Waals surface area contributed by atoms with E-state index in [1.807, 2.05) is 0 Å². The predicted octanol–water partition coefficient (Wildman–Crippen LogP) is 3.03.